The Morgan fingerprint density at radius 3 is 2.57 bits per heavy atom. The Balaban J connectivity index is 2.07. The van der Waals surface area contributed by atoms with E-state index in [-0.39, 0.29) is 0 Å². The minimum atomic E-state index is 0.629. The van der Waals surface area contributed by atoms with Crippen LogP contribution in [0.5, 0.6) is 5.88 Å². The van der Waals surface area contributed by atoms with Gasteiger partial charge in [-0.2, -0.15) is 0 Å². The summed E-state index contributed by atoms with van der Waals surface area (Å²) < 4.78 is 5.41. The first kappa shape index (κ1) is 14.2. The van der Waals surface area contributed by atoms with E-state index in [2.05, 4.69) is 11.1 Å². The smallest absolute Gasteiger partial charge is 0.217 e. The molecule has 1 aromatic heterocycles. The van der Waals surface area contributed by atoms with E-state index in [1.54, 1.807) is 7.11 Å². The highest BCUT2D eigenvalue weighted by atomic mass is 35.5. The molecule has 3 rings (SSSR count). The molecule has 4 heteroatoms. The van der Waals surface area contributed by atoms with Crippen molar-refractivity contribution in [2.75, 3.05) is 7.11 Å². The second-order valence-electron chi connectivity index (χ2n) is 4.80. The molecule has 106 valence electrons. The number of nitrogens with zero attached hydrogens (tertiary/aromatic N) is 1. The van der Waals surface area contributed by atoms with Crippen LogP contribution in [0.25, 0.3) is 10.9 Å². The number of halogens is 2. The second-order valence-corrected chi connectivity index (χ2v) is 5.67. The third kappa shape index (κ3) is 3.12. The Hall–Kier alpha value is -1.77. The molecule has 0 radical (unpaired) electrons. The molecule has 1 heterocycles. The molecule has 2 aromatic carbocycles. The molecule has 0 aliphatic heterocycles. The van der Waals surface area contributed by atoms with Gasteiger partial charge < -0.3 is 4.74 Å². The van der Waals surface area contributed by atoms with Crippen molar-refractivity contribution in [3.8, 4) is 5.88 Å². The van der Waals surface area contributed by atoms with Crippen molar-refractivity contribution < 1.29 is 4.74 Å². The number of aromatic nitrogens is 1. The van der Waals surface area contributed by atoms with Gasteiger partial charge in [0.25, 0.3) is 0 Å². The van der Waals surface area contributed by atoms with E-state index in [9.17, 15) is 0 Å². The molecule has 21 heavy (non-hydrogen) atoms. The Morgan fingerprint density at radius 1 is 1.00 bits per heavy atom. The Labute approximate surface area is 133 Å². The highest BCUT2D eigenvalue weighted by Crippen LogP contribution is 2.27. The lowest BCUT2D eigenvalue weighted by molar-refractivity contribution is 0.395. The fourth-order valence-electron chi connectivity index (χ4n) is 2.34. The Kier molecular flexibility index (Phi) is 4.00. The SMILES string of the molecule is COc1nc2ccc(Cl)cc2cc1Cc1cccc(Cl)c1. The normalized spacial score (nSPS) is 10.8. The quantitative estimate of drug-likeness (QED) is 0.667. The van der Waals surface area contributed by atoms with Gasteiger partial charge in [-0.3, -0.25) is 0 Å². The van der Waals surface area contributed by atoms with Crippen molar-refractivity contribution in [1.29, 1.82) is 0 Å². The van der Waals surface area contributed by atoms with Gasteiger partial charge in [-0.15, -0.1) is 0 Å². The van der Waals surface area contributed by atoms with E-state index in [0.29, 0.717) is 17.3 Å². The van der Waals surface area contributed by atoms with Crippen LogP contribution in [0.3, 0.4) is 0 Å². The van der Waals surface area contributed by atoms with E-state index in [4.69, 9.17) is 27.9 Å². The van der Waals surface area contributed by atoms with Crippen molar-refractivity contribution in [2.24, 2.45) is 0 Å². The minimum Gasteiger partial charge on any atom is -0.481 e. The maximum atomic E-state index is 6.05. The molecule has 0 saturated carbocycles. The van der Waals surface area contributed by atoms with Gasteiger partial charge in [0.1, 0.15) is 0 Å². The number of ether oxygens (including phenoxy) is 1. The zero-order valence-electron chi connectivity index (χ0n) is 11.4. The average Bonchev–Trinajstić information content (AvgIpc) is 2.46. The summed E-state index contributed by atoms with van der Waals surface area (Å²) >= 11 is 12.1. The topological polar surface area (TPSA) is 22.1 Å². The fourth-order valence-corrected chi connectivity index (χ4v) is 2.74. The van der Waals surface area contributed by atoms with E-state index in [1.165, 1.54) is 0 Å². The van der Waals surface area contributed by atoms with Crippen LogP contribution in [0.4, 0.5) is 0 Å². The number of hydrogen-bond acceptors (Lipinski definition) is 2. The van der Waals surface area contributed by atoms with Crippen LogP contribution < -0.4 is 4.74 Å². The molecule has 0 amide bonds. The van der Waals surface area contributed by atoms with Gasteiger partial charge in [0.05, 0.1) is 12.6 Å². The summed E-state index contributed by atoms with van der Waals surface area (Å²) in [6.45, 7) is 0. The van der Waals surface area contributed by atoms with Crippen molar-refractivity contribution >= 4 is 34.1 Å². The molecule has 0 aliphatic carbocycles. The molecule has 0 unspecified atom stereocenters. The van der Waals surface area contributed by atoms with Gasteiger partial charge in [0, 0.05) is 27.4 Å². The fraction of sp³-hybridized carbons (Fsp3) is 0.118. The molecule has 0 spiro atoms. The lowest BCUT2D eigenvalue weighted by atomic mass is 10.0. The van der Waals surface area contributed by atoms with Gasteiger partial charge in [0.2, 0.25) is 5.88 Å². The van der Waals surface area contributed by atoms with Gasteiger partial charge >= 0.3 is 0 Å². The standard InChI is InChI=1S/C17H13Cl2NO/c1-21-17-13(7-11-3-2-4-14(18)8-11)9-12-10-15(19)5-6-16(12)20-17/h2-6,8-10H,7H2,1H3. The summed E-state index contributed by atoms with van der Waals surface area (Å²) in [5.41, 5.74) is 2.99. The third-order valence-electron chi connectivity index (χ3n) is 3.29. The molecule has 0 bridgehead atoms. The molecule has 0 fully saturated rings. The van der Waals surface area contributed by atoms with Crippen LogP contribution >= 0.6 is 23.2 Å². The van der Waals surface area contributed by atoms with Crippen molar-refractivity contribution in [2.45, 2.75) is 6.42 Å². The summed E-state index contributed by atoms with van der Waals surface area (Å²) in [6.07, 6.45) is 0.708. The summed E-state index contributed by atoms with van der Waals surface area (Å²) in [6, 6.07) is 15.5. The highest BCUT2D eigenvalue weighted by molar-refractivity contribution is 6.31. The van der Waals surface area contributed by atoms with E-state index >= 15 is 0 Å². The molecular formula is C17H13Cl2NO. The first-order chi connectivity index (χ1) is 10.2. The summed E-state index contributed by atoms with van der Waals surface area (Å²) in [5.74, 6) is 0.629. The summed E-state index contributed by atoms with van der Waals surface area (Å²) in [7, 11) is 1.63. The second kappa shape index (κ2) is 5.92. The number of rotatable bonds is 3. The number of pyridine rings is 1. The molecule has 2 nitrogen and oxygen atoms in total. The van der Waals surface area contributed by atoms with Crippen LogP contribution in [-0.4, -0.2) is 12.1 Å². The Bertz CT molecular complexity index is 802. The number of methoxy groups -OCH3 is 1. The van der Waals surface area contributed by atoms with E-state index < -0.39 is 0 Å². The van der Waals surface area contributed by atoms with Crippen LogP contribution in [0, 0.1) is 0 Å². The highest BCUT2D eigenvalue weighted by Gasteiger charge is 2.09. The molecular weight excluding hydrogens is 305 g/mol. The van der Waals surface area contributed by atoms with Gasteiger partial charge in [-0.1, -0.05) is 35.3 Å². The van der Waals surface area contributed by atoms with Gasteiger partial charge in [-0.05, 0) is 42.0 Å². The molecule has 3 aromatic rings. The van der Waals surface area contributed by atoms with Gasteiger partial charge in [0.15, 0.2) is 0 Å². The predicted octanol–water partition coefficient (Wildman–Crippen LogP) is 5.14. The maximum Gasteiger partial charge on any atom is 0.217 e. The van der Waals surface area contributed by atoms with E-state index in [1.807, 2.05) is 42.5 Å². The molecule has 0 N–H and O–H groups in total. The van der Waals surface area contributed by atoms with Gasteiger partial charge in [-0.25, -0.2) is 4.98 Å². The predicted molar refractivity (Wildman–Crippen MR) is 87.6 cm³/mol. The lowest BCUT2D eigenvalue weighted by Gasteiger charge is -2.10. The third-order valence-corrected chi connectivity index (χ3v) is 3.76. The number of benzene rings is 2. The first-order valence-electron chi connectivity index (χ1n) is 6.53. The van der Waals surface area contributed by atoms with Crippen LogP contribution in [0.1, 0.15) is 11.1 Å². The maximum absolute atomic E-state index is 6.05. The molecule has 0 atom stereocenters. The minimum absolute atomic E-state index is 0.629. The average molecular weight is 318 g/mol. The number of fused-ring (bicyclic) bond motifs is 1. The zero-order valence-corrected chi connectivity index (χ0v) is 12.9. The van der Waals surface area contributed by atoms with Crippen LogP contribution in [0.15, 0.2) is 48.5 Å². The largest absolute Gasteiger partial charge is 0.481 e. The lowest BCUT2D eigenvalue weighted by Crippen LogP contribution is -1.97. The van der Waals surface area contributed by atoms with Crippen molar-refractivity contribution in [1.82, 2.24) is 4.98 Å². The summed E-state index contributed by atoms with van der Waals surface area (Å²) in [5, 5.41) is 2.42. The van der Waals surface area contributed by atoms with Crippen molar-refractivity contribution in [3.63, 3.8) is 0 Å². The zero-order chi connectivity index (χ0) is 14.8. The summed E-state index contributed by atoms with van der Waals surface area (Å²) in [4.78, 5) is 4.54. The van der Waals surface area contributed by atoms with Crippen LogP contribution in [0.2, 0.25) is 10.0 Å². The molecule has 0 aliphatic rings. The molecule has 0 saturated heterocycles. The van der Waals surface area contributed by atoms with Crippen LogP contribution in [-0.2, 0) is 6.42 Å². The van der Waals surface area contributed by atoms with E-state index in [0.717, 1.165) is 27.1 Å². The van der Waals surface area contributed by atoms with Crippen molar-refractivity contribution in [3.05, 3.63) is 69.7 Å². The first-order valence-corrected chi connectivity index (χ1v) is 7.29. The number of hydrogen-bond donors (Lipinski definition) is 0. The Morgan fingerprint density at radius 2 is 1.81 bits per heavy atom. The monoisotopic (exact) mass is 317 g/mol.